The van der Waals surface area contributed by atoms with Crippen molar-refractivity contribution in [2.24, 2.45) is 0 Å². The second kappa shape index (κ2) is 8.75. The third-order valence-electron chi connectivity index (χ3n) is 4.55. The summed E-state index contributed by atoms with van der Waals surface area (Å²) in [5.41, 5.74) is 0.114. The van der Waals surface area contributed by atoms with Gasteiger partial charge >= 0.3 is 0 Å². The summed E-state index contributed by atoms with van der Waals surface area (Å²) in [6.07, 6.45) is 2.18. The van der Waals surface area contributed by atoms with E-state index in [1.807, 2.05) is 20.8 Å². The SMILES string of the molecule is CCC(C)(C)NC(=O)[C@@H](c1ccco1)N(C(=O)c1csnn1)c1cccc(Cl)c1. The van der Waals surface area contributed by atoms with E-state index in [1.165, 1.54) is 16.5 Å². The highest BCUT2D eigenvalue weighted by Crippen LogP contribution is 2.32. The van der Waals surface area contributed by atoms with Crippen molar-refractivity contribution in [3.8, 4) is 0 Å². The number of nitrogens with one attached hydrogen (secondary N) is 1. The van der Waals surface area contributed by atoms with E-state index in [2.05, 4.69) is 14.9 Å². The number of hydrogen-bond donors (Lipinski definition) is 1. The summed E-state index contributed by atoms with van der Waals surface area (Å²) in [4.78, 5) is 28.1. The maximum atomic E-state index is 13.4. The Morgan fingerprint density at radius 1 is 1.31 bits per heavy atom. The fraction of sp³-hybridized carbons (Fsp3) is 0.300. The van der Waals surface area contributed by atoms with Crippen molar-refractivity contribution in [1.82, 2.24) is 14.9 Å². The molecule has 1 atom stereocenters. The average molecular weight is 433 g/mol. The minimum atomic E-state index is -1.05. The first-order valence-corrected chi connectivity index (χ1v) is 10.3. The lowest BCUT2D eigenvalue weighted by molar-refractivity contribution is -0.124. The fourth-order valence-corrected chi connectivity index (χ4v) is 3.32. The van der Waals surface area contributed by atoms with Gasteiger partial charge in [0.25, 0.3) is 11.8 Å². The number of amides is 2. The van der Waals surface area contributed by atoms with Crippen LogP contribution >= 0.6 is 23.1 Å². The van der Waals surface area contributed by atoms with E-state index in [-0.39, 0.29) is 11.6 Å². The molecule has 0 radical (unpaired) electrons. The van der Waals surface area contributed by atoms with Crippen LogP contribution in [0, 0.1) is 0 Å². The molecular formula is C20H21ClN4O3S. The summed E-state index contributed by atoms with van der Waals surface area (Å²) in [6.45, 7) is 5.81. The first-order valence-electron chi connectivity index (χ1n) is 9.04. The van der Waals surface area contributed by atoms with Gasteiger partial charge in [0, 0.05) is 21.6 Å². The topological polar surface area (TPSA) is 88.3 Å². The van der Waals surface area contributed by atoms with E-state index in [0.717, 1.165) is 11.5 Å². The van der Waals surface area contributed by atoms with Crippen molar-refractivity contribution in [3.05, 3.63) is 64.5 Å². The summed E-state index contributed by atoms with van der Waals surface area (Å²) in [5, 5.41) is 8.85. The van der Waals surface area contributed by atoms with E-state index in [1.54, 1.807) is 36.4 Å². The maximum Gasteiger partial charge on any atom is 0.280 e. The van der Waals surface area contributed by atoms with Crippen LogP contribution < -0.4 is 10.2 Å². The van der Waals surface area contributed by atoms with Gasteiger partial charge in [-0.3, -0.25) is 14.5 Å². The lowest BCUT2D eigenvalue weighted by Gasteiger charge is -2.33. The largest absolute Gasteiger partial charge is 0.467 e. The predicted octanol–water partition coefficient (Wildman–Crippen LogP) is 4.48. The predicted molar refractivity (Wildman–Crippen MR) is 112 cm³/mol. The second-order valence-corrected chi connectivity index (χ2v) is 8.14. The van der Waals surface area contributed by atoms with Crippen molar-refractivity contribution in [3.63, 3.8) is 0 Å². The van der Waals surface area contributed by atoms with Gasteiger partial charge in [0.2, 0.25) is 0 Å². The van der Waals surface area contributed by atoms with Gasteiger partial charge in [-0.15, -0.1) is 5.10 Å². The summed E-state index contributed by atoms with van der Waals surface area (Å²) in [6, 6.07) is 9.01. The molecular weight excluding hydrogens is 412 g/mol. The Balaban J connectivity index is 2.12. The molecule has 2 aromatic heterocycles. The minimum Gasteiger partial charge on any atom is -0.467 e. The Hall–Kier alpha value is -2.71. The Bertz CT molecular complexity index is 974. The molecule has 152 valence electrons. The number of aromatic nitrogens is 2. The fourth-order valence-electron chi connectivity index (χ4n) is 2.70. The van der Waals surface area contributed by atoms with Gasteiger partial charge in [-0.2, -0.15) is 0 Å². The normalized spacial score (nSPS) is 12.4. The highest BCUT2D eigenvalue weighted by Gasteiger charge is 2.38. The van der Waals surface area contributed by atoms with Gasteiger partial charge in [-0.1, -0.05) is 29.1 Å². The molecule has 0 aliphatic rings. The summed E-state index contributed by atoms with van der Waals surface area (Å²) in [7, 11) is 0. The van der Waals surface area contributed by atoms with Gasteiger partial charge in [0.05, 0.1) is 6.26 Å². The Morgan fingerprint density at radius 2 is 2.10 bits per heavy atom. The summed E-state index contributed by atoms with van der Waals surface area (Å²) >= 11 is 7.22. The van der Waals surface area contributed by atoms with Crippen LogP contribution in [0.15, 0.2) is 52.5 Å². The van der Waals surface area contributed by atoms with Gasteiger partial charge in [-0.25, -0.2) is 0 Å². The zero-order chi connectivity index (χ0) is 21.0. The maximum absolute atomic E-state index is 13.4. The van der Waals surface area contributed by atoms with Crippen LogP contribution in [0.4, 0.5) is 5.69 Å². The molecule has 0 unspecified atom stereocenters. The van der Waals surface area contributed by atoms with Crippen molar-refractivity contribution in [2.45, 2.75) is 38.8 Å². The molecule has 1 N–H and O–H groups in total. The van der Waals surface area contributed by atoms with Crippen LogP contribution in [-0.2, 0) is 4.79 Å². The molecule has 29 heavy (non-hydrogen) atoms. The molecule has 9 heteroatoms. The highest BCUT2D eigenvalue weighted by atomic mass is 35.5. The van der Waals surface area contributed by atoms with Gasteiger partial charge in [-0.05, 0) is 62.1 Å². The van der Waals surface area contributed by atoms with Gasteiger partial charge in [0.15, 0.2) is 11.7 Å². The van der Waals surface area contributed by atoms with Crippen LogP contribution in [0.2, 0.25) is 5.02 Å². The molecule has 3 rings (SSSR count). The standard InChI is InChI=1S/C20H21ClN4O3S/c1-4-20(2,3)22-18(26)17(16-9-6-10-28-16)25(14-8-5-7-13(21)11-14)19(27)15-12-29-24-23-15/h5-12,17H,4H2,1-3H3,(H,22,26)/t17-/m1/s1. The Labute approximate surface area is 177 Å². The number of hydrogen-bond acceptors (Lipinski definition) is 6. The number of halogens is 1. The molecule has 0 fully saturated rings. The minimum absolute atomic E-state index is 0.133. The number of carbonyl (C=O) groups is 2. The summed E-state index contributed by atoms with van der Waals surface area (Å²) < 4.78 is 9.31. The molecule has 0 aliphatic carbocycles. The van der Waals surface area contributed by atoms with Gasteiger partial charge < -0.3 is 9.73 Å². The smallest absolute Gasteiger partial charge is 0.280 e. The third kappa shape index (κ3) is 4.83. The number of nitrogens with zero attached hydrogens (tertiary/aromatic N) is 3. The lowest BCUT2D eigenvalue weighted by Crippen LogP contribution is -2.50. The van der Waals surface area contributed by atoms with Crippen molar-refractivity contribution in [2.75, 3.05) is 4.90 Å². The molecule has 0 aliphatic heterocycles. The molecule has 2 amide bonds. The zero-order valence-corrected chi connectivity index (χ0v) is 17.8. The van der Waals surface area contributed by atoms with E-state index < -0.39 is 17.5 Å². The monoisotopic (exact) mass is 432 g/mol. The van der Waals surface area contributed by atoms with Crippen LogP contribution in [0.1, 0.15) is 49.5 Å². The van der Waals surface area contributed by atoms with Crippen molar-refractivity contribution in [1.29, 1.82) is 0 Å². The molecule has 1 aromatic carbocycles. The van der Waals surface area contributed by atoms with E-state index in [4.69, 9.17) is 16.0 Å². The average Bonchev–Trinajstić information content (AvgIpc) is 3.39. The molecule has 3 aromatic rings. The highest BCUT2D eigenvalue weighted by molar-refractivity contribution is 7.03. The van der Waals surface area contributed by atoms with Crippen LogP contribution in [0.25, 0.3) is 0 Å². The number of carbonyl (C=O) groups excluding carboxylic acids is 2. The number of benzene rings is 1. The quantitative estimate of drug-likeness (QED) is 0.594. The van der Waals surface area contributed by atoms with Crippen molar-refractivity contribution < 1.29 is 14.0 Å². The number of rotatable bonds is 7. The van der Waals surface area contributed by atoms with Crippen molar-refractivity contribution >= 4 is 40.6 Å². The Morgan fingerprint density at radius 3 is 2.69 bits per heavy atom. The molecule has 0 saturated carbocycles. The number of furan rings is 1. The van der Waals surface area contributed by atoms with Crippen LogP contribution in [0.5, 0.6) is 0 Å². The molecule has 0 saturated heterocycles. The van der Waals surface area contributed by atoms with E-state index in [9.17, 15) is 9.59 Å². The first-order chi connectivity index (χ1) is 13.8. The Kier molecular flexibility index (Phi) is 6.34. The molecule has 0 spiro atoms. The zero-order valence-electron chi connectivity index (χ0n) is 16.3. The first kappa shape index (κ1) is 21.0. The second-order valence-electron chi connectivity index (χ2n) is 7.09. The van der Waals surface area contributed by atoms with E-state index >= 15 is 0 Å². The van der Waals surface area contributed by atoms with Crippen LogP contribution in [0.3, 0.4) is 0 Å². The van der Waals surface area contributed by atoms with Gasteiger partial charge in [0.1, 0.15) is 5.76 Å². The summed E-state index contributed by atoms with van der Waals surface area (Å²) in [5.74, 6) is -0.527. The number of anilines is 1. The third-order valence-corrected chi connectivity index (χ3v) is 5.29. The van der Waals surface area contributed by atoms with Crippen LogP contribution in [-0.4, -0.2) is 26.9 Å². The van der Waals surface area contributed by atoms with E-state index in [0.29, 0.717) is 22.9 Å². The lowest BCUT2D eigenvalue weighted by atomic mass is 10.0. The molecule has 7 nitrogen and oxygen atoms in total. The molecule has 0 bridgehead atoms. The molecule has 2 heterocycles.